The quantitative estimate of drug-likeness (QED) is 0.888. The molecule has 1 aliphatic rings. The minimum Gasteiger partial charge on any atom is -0.346 e. The molecule has 1 aliphatic heterocycles. The third-order valence-electron chi connectivity index (χ3n) is 4.33. The summed E-state index contributed by atoms with van der Waals surface area (Å²) in [5, 5.41) is 4.78. The number of pyridine rings is 1. The van der Waals surface area contributed by atoms with Gasteiger partial charge in [0.1, 0.15) is 5.65 Å². The molecule has 1 fully saturated rings. The summed E-state index contributed by atoms with van der Waals surface area (Å²) in [6, 6.07) is 6.81. The van der Waals surface area contributed by atoms with E-state index in [0.717, 1.165) is 24.4 Å². The number of hydrogen-bond acceptors (Lipinski definition) is 3. The summed E-state index contributed by atoms with van der Waals surface area (Å²) in [7, 11) is 0. The Labute approximate surface area is 126 Å². The lowest BCUT2D eigenvalue weighted by molar-refractivity contribution is 0.255. The van der Waals surface area contributed by atoms with Crippen LogP contribution in [0.5, 0.6) is 0 Å². The lowest BCUT2D eigenvalue weighted by atomic mass is 10.2. The van der Waals surface area contributed by atoms with Gasteiger partial charge >= 0.3 is 0 Å². The molecule has 0 aromatic carbocycles. The Balaban J connectivity index is 1.49. The van der Waals surface area contributed by atoms with Gasteiger partial charge in [0.25, 0.3) is 0 Å². The lowest BCUT2D eigenvalue weighted by Crippen LogP contribution is -2.39. The monoisotopic (exact) mass is 286 g/mol. The van der Waals surface area contributed by atoms with Gasteiger partial charge in [-0.15, -0.1) is 0 Å². The maximum Gasteiger partial charge on any atom is 0.137 e. The van der Waals surface area contributed by atoms with E-state index >= 15 is 0 Å². The van der Waals surface area contributed by atoms with Gasteiger partial charge in [-0.05, 0) is 51.1 Å². The number of fused-ring (bicyclic) bond motifs is 1. The van der Waals surface area contributed by atoms with E-state index < -0.39 is 0 Å². The van der Waals surface area contributed by atoms with Crippen LogP contribution in [0.15, 0.2) is 24.4 Å². The van der Waals surface area contributed by atoms with Crippen LogP contribution in [0.2, 0.25) is 0 Å². The van der Waals surface area contributed by atoms with Crippen molar-refractivity contribution in [3.8, 4) is 0 Å². The number of nitrogens with one attached hydrogen (secondary N) is 2. The van der Waals surface area contributed by atoms with E-state index in [9.17, 15) is 0 Å². The second kappa shape index (κ2) is 7.05. The summed E-state index contributed by atoms with van der Waals surface area (Å²) >= 11 is 0. The van der Waals surface area contributed by atoms with Crippen molar-refractivity contribution in [3.05, 3.63) is 30.1 Å². The highest BCUT2D eigenvalue weighted by Crippen LogP contribution is 2.11. The Morgan fingerprint density at radius 3 is 2.81 bits per heavy atom. The Morgan fingerprint density at radius 1 is 1.19 bits per heavy atom. The van der Waals surface area contributed by atoms with E-state index in [2.05, 4.69) is 45.3 Å². The van der Waals surface area contributed by atoms with E-state index in [0.29, 0.717) is 6.04 Å². The van der Waals surface area contributed by atoms with Gasteiger partial charge in [0.2, 0.25) is 0 Å². The molecule has 1 saturated heterocycles. The standard InChI is InChI=1S/C17H26N4/c1-14(13-21-10-4-2-3-5-11-21)19-12-16-7-6-15-8-9-18-17(15)20-16/h6-9,14,19H,2-5,10-13H2,1H3,(H,18,20). The zero-order valence-electron chi connectivity index (χ0n) is 12.9. The molecule has 0 amide bonds. The lowest BCUT2D eigenvalue weighted by Gasteiger charge is -2.24. The second-order valence-electron chi connectivity index (χ2n) is 6.21. The molecule has 0 radical (unpaired) electrons. The van der Waals surface area contributed by atoms with Gasteiger partial charge in [-0.1, -0.05) is 12.8 Å². The van der Waals surface area contributed by atoms with Crippen LogP contribution in [-0.4, -0.2) is 40.5 Å². The predicted octanol–water partition coefficient (Wildman–Crippen LogP) is 2.92. The minimum atomic E-state index is 0.504. The van der Waals surface area contributed by atoms with E-state index in [-0.39, 0.29) is 0 Å². The summed E-state index contributed by atoms with van der Waals surface area (Å²) in [5.41, 5.74) is 2.09. The van der Waals surface area contributed by atoms with Crippen LogP contribution in [0.3, 0.4) is 0 Å². The first-order valence-corrected chi connectivity index (χ1v) is 8.20. The van der Waals surface area contributed by atoms with Crippen LogP contribution < -0.4 is 5.32 Å². The summed E-state index contributed by atoms with van der Waals surface area (Å²) in [6.45, 7) is 6.78. The molecule has 1 unspecified atom stereocenters. The SMILES string of the molecule is CC(CN1CCCCCC1)NCc1ccc2cc[nH]c2n1. The fourth-order valence-electron chi connectivity index (χ4n) is 3.12. The van der Waals surface area contributed by atoms with Crippen molar-refractivity contribution in [2.45, 2.75) is 45.2 Å². The number of hydrogen-bond donors (Lipinski definition) is 2. The maximum absolute atomic E-state index is 4.64. The molecule has 2 N–H and O–H groups in total. The molecular weight excluding hydrogens is 260 g/mol. The molecule has 3 heterocycles. The number of nitrogens with zero attached hydrogens (tertiary/aromatic N) is 2. The molecule has 0 saturated carbocycles. The summed E-state index contributed by atoms with van der Waals surface area (Å²) in [4.78, 5) is 10.4. The number of aromatic amines is 1. The zero-order chi connectivity index (χ0) is 14.5. The largest absolute Gasteiger partial charge is 0.346 e. The second-order valence-corrected chi connectivity index (χ2v) is 6.21. The van der Waals surface area contributed by atoms with Crippen LogP contribution in [-0.2, 0) is 6.54 Å². The van der Waals surface area contributed by atoms with Gasteiger partial charge in [-0.2, -0.15) is 0 Å². The fourth-order valence-corrected chi connectivity index (χ4v) is 3.12. The first-order valence-electron chi connectivity index (χ1n) is 8.20. The Morgan fingerprint density at radius 2 is 2.00 bits per heavy atom. The number of H-pyrrole nitrogens is 1. The maximum atomic E-state index is 4.64. The molecule has 21 heavy (non-hydrogen) atoms. The van der Waals surface area contributed by atoms with E-state index in [1.165, 1.54) is 44.2 Å². The summed E-state index contributed by atoms with van der Waals surface area (Å²) < 4.78 is 0. The first kappa shape index (κ1) is 14.5. The highest BCUT2D eigenvalue weighted by Gasteiger charge is 2.12. The Kier molecular flexibility index (Phi) is 4.88. The topological polar surface area (TPSA) is 44.0 Å². The van der Waals surface area contributed by atoms with Crippen LogP contribution in [0.1, 0.15) is 38.3 Å². The van der Waals surface area contributed by atoms with Crippen LogP contribution in [0.25, 0.3) is 11.0 Å². The zero-order valence-corrected chi connectivity index (χ0v) is 12.9. The van der Waals surface area contributed by atoms with Crippen LogP contribution in [0.4, 0.5) is 0 Å². The molecule has 1 atom stereocenters. The van der Waals surface area contributed by atoms with Gasteiger partial charge < -0.3 is 15.2 Å². The van der Waals surface area contributed by atoms with E-state index in [4.69, 9.17) is 0 Å². The van der Waals surface area contributed by atoms with Crippen molar-refractivity contribution in [3.63, 3.8) is 0 Å². The van der Waals surface area contributed by atoms with Gasteiger partial charge in [0, 0.05) is 30.7 Å². The molecule has 2 aromatic rings. The number of likely N-dealkylation sites (tertiary alicyclic amines) is 1. The first-order chi connectivity index (χ1) is 10.3. The minimum absolute atomic E-state index is 0.504. The van der Waals surface area contributed by atoms with Crippen molar-refractivity contribution in [1.29, 1.82) is 0 Å². The van der Waals surface area contributed by atoms with Gasteiger partial charge in [0.05, 0.1) is 5.69 Å². The molecule has 3 rings (SSSR count). The van der Waals surface area contributed by atoms with Crippen molar-refractivity contribution >= 4 is 11.0 Å². The fraction of sp³-hybridized carbons (Fsp3) is 0.588. The van der Waals surface area contributed by atoms with Crippen LogP contribution >= 0.6 is 0 Å². The molecule has 2 aromatic heterocycles. The normalized spacial score (nSPS) is 18.7. The average molecular weight is 286 g/mol. The van der Waals surface area contributed by atoms with Gasteiger partial charge in [0.15, 0.2) is 0 Å². The van der Waals surface area contributed by atoms with Crippen molar-refractivity contribution in [2.24, 2.45) is 0 Å². The highest BCUT2D eigenvalue weighted by atomic mass is 15.1. The summed E-state index contributed by atoms with van der Waals surface area (Å²) in [5.74, 6) is 0. The molecule has 0 bridgehead atoms. The van der Waals surface area contributed by atoms with Crippen molar-refractivity contribution in [1.82, 2.24) is 20.2 Å². The van der Waals surface area contributed by atoms with Crippen molar-refractivity contribution < 1.29 is 0 Å². The molecule has 114 valence electrons. The van der Waals surface area contributed by atoms with Gasteiger partial charge in [-0.3, -0.25) is 0 Å². The smallest absolute Gasteiger partial charge is 0.137 e. The number of rotatable bonds is 5. The molecule has 0 spiro atoms. The van der Waals surface area contributed by atoms with Gasteiger partial charge in [-0.25, -0.2) is 4.98 Å². The molecular formula is C17H26N4. The number of aromatic nitrogens is 2. The molecule has 4 nitrogen and oxygen atoms in total. The highest BCUT2D eigenvalue weighted by molar-refractivity contribution is 5.75. The third-order valence-corrected chi connectivity index (χ3v) is 4.33. The van der Waals surface area contributed by atoms with Crippen LogP contribution in [0, 0.1) is 0 Å². The van der Waals surface area contributed by atoms with Crippen molar-refractivity contribution in [2.75, 3.05) is 19.6 Å². The Bertz CT molecular complexity index is 555. The predicted molar refractivity (Wildman–Crippen MR) is 87.3 cm³/mol. The molecule has 4 heteroatoms. The third kappa shape index (κ3) is 4.05. The van der Waals surface area contributed by atoms with E-state index in [1.54, 1.807) is 0 Å². The average Bonchev–Trinajstić information content (AvgIpc) is 2.81. The summed E-state index contributed by atoms with van der Waals surface area (Å²) in [6.07, 6.45) is 7.46. The Hall–Kier alpha value is -1.39. The molecule has 0 aliphatic carbocycles. The van der Waals surface area contributed by atoms with E-state index in [1.807, 2.05) is 6.20 Å².